The van der Waals surface area contributed by atoms with E-state index >= 15 is 0 Å². The van der Waals surface area contributed by atoms with E-state index in [2.05, 4.69) is 21.8 Å². The Labute approximate surface area is 218 Å². The van der Waals surface area contributed by atoms with Crippen LogP contribution in [0.3, 0.4) is 0 Å². The molecule has 0 saturated carbocycles. The molecule has 1 atom stereocenters. The van der Waals surface area contributed by atoms with Crippen LogP contribution in [0.25, 0.3) is 6.08 Å². The predicted octanol–water partition coefficient (Wildman–Crippen LogP) is 2.15. The van der Waals surface area contributed by atoms with Gasteiger partial charge in [0.15, 0.2) is 10.7 Å². The molecule has 0 bridgehead atoms. The number of anilines is 1. The number of nitrogens with zero attached hydrogens (tertiary/aromatic N) is 4. The molecule has 3 aromatic rings. The fourth-order valence-corrected chi connectivity index (χ4v) is 5.69. The van der Waals surface area contributed by atoms with Gasteiger partial charge in [-0.15, -0.1) is 0 Å². The lowest BCUT2D eigenvalue weighted by Crippen LogP contribution is -2.44. The van der Waals surface area contributed by atoms with Crippen LogP contribution in [0, 0.1) is 0 Å². The van der Waals surface area contributed by atoms with E-state index in [1.807, 2.05) is 36.4 Å². The number of hydrogen-bond acceptors (Lipinski definition) is 9. The molecular formula is C27H30N4O5S. The second kappa shape index (κ2) is 10.4. The molecule has 0 N–H and O–H groups in total. The number of likely N-dealkylation sites (N-methyl/N-ethyl adjacent to an activating group) is 1. The molecule has 4 heterocycles. The van der Waals surface area contributed by atoms with Gasteiger partial charge in [0.05, 0.1) is 35.6 Å². The highest BCUT2D eigenvalue weighted by molar-refractivity contribution is 7.07. The lowest BCUT2D eigenvalue weighted by molar-refractivity contribution is -0.139. The number of ether oxygens (including phenoxy) is 2. The number of hydrogen-bond donors (Lipinski definition) is 0. The van der Waals surface area contributed by atoms with Gasteiger partial charge in [-0.25, -0.2) is 9.79 Å². The van der Waals surface area contributed by atoms with Crippen LogP contribution in [0.4, 0.5) is 5.88 Å². The average Bonchev–Trinajstić information content (AvgIpc) is 3.48. The van der Waals surface area contributed by atoms with E-state index in [1.165, 1.54) is 11.3 Å². The number of aromatic nitrogens is 1. The SMILES string of the molecule is CCOC(=O)C1=C(C)N=c2s/c(=C/c3ccc(N4CCN(C)CC4)o3)c(=O)n2[C@@H]1c1cccc(OC)c1. The Morgan fingerprint density at radius 3 is 2.73 bits per heavy atom. The summed E-state index contributed by atoms with van der Waals surface area (Å²) in [6.45, 7) is 7.47. The van der Waals surface area contributed by atoms with E-state index in [4.69, 9.17) is 13.9 Å². The molecule has 1 fully saturated rings. The molecule has 5 rings (SSSR count). The largest absolute Gasteiger partial charge is 0.497 e. The summed E-state index contributed by atoms with van der Waals surface area (Å²) in [5.41, 5.74) is 1.35. The van der Waals surface area contributed by atoms with Gasteiger partial charge in [0.25, 0.3) is 5.56 Å². The average molecular weight is 523 g/mol. The van der Waals surface area contributed by atoms with Crippen LogP contribution in [-0.4, -0.2) is 62.4 Å². The van der Waals surface area contributed by atoms with Gasteiger partial charge in [0.2, 0.25) is 0 Å². The predicted molar refractivity (Wildman–Crippen MR) is 142 cm³/mol. The maximum atomic E-state index is 13.8. The summed E-state index contributed by atoms with van der Waals surface area (Å²) in [7, 11) is 3.69. The molecule has 0 radical (unpaired) electrons. The van der Waals surface area contributed by atoms with Crippen molar-refractivity contribution in [3.63, 3.8) is 0 Å². The van der Waals surface area contributed by atoms with Gasteiger partial charge in [0, 0.05) is 38.3 Å². The highest BCUT2D eigenvalue weighted by Crippen LogP contribution is 2.32. The van der Waals surface area contributed by atoms with Crippen molar-refractivity contribution in [1.29, 1.82) is 0 Å². The van der Waals surface area contributed by atoms with Crippen molar-refractivity contribution < 1.29 is 18.7 Å². The molecule has 10 heteroatoms. The summed E-state index contributed by atoms with van der Waals surface area (Å²) in [4.78, 5) is 36.4. The van der Waals surface area contributed by atoms with Crippen LogP contribution in [0.5, 0.6) is 5.75 Å². The third kappa shape index (κ3) is 4.86. The van der Waals surface area contributed by atoms with E-state index in [0.29, 0.717) is 32.1 Å². The fraction of sp³-hybridized carbons (Fsp3) is 0.370. The number of allylic oxidation sites excluding steroid dienone is 1. The Kier molecular flexibility index (Phi) is 7.03. The number of methoxy groups -OCH3 is 1. The van der Waals surface area contributed by atoms with E-state index in [0.717, 1.165) is 37.6 Å². The van der Waals surface area contributed by atoms with Crippen LogP contribution in [-0.2, 0) is 9.53 Å². The Morgan fingerprint density at radius 1 is 1.22 bits per heavy atom. The topological polar surface area (TPSA) is 89.5 Å². The van der Waals surface area contributed by atoms with Gasteiger partial charge in [-0.3, -0.25) is 9.36 Å². The minimum Gasteiger partial charge on any atom is -0.497 e. The highest BCUT2D eigenvalue weighted by atomic mass is 32.1. The number of piperazine rings is 1. The smallest absolute Gasteiger partial charge is 0.338 e. The molecule has 0 spiro atoms. The molecule has 194 valence electrons. The number of benzene rings is 1. The quantitative estimate of drug-likeness (QED) is 0.459. The third-order valence-corrected chi connectivity index (χ3v) is 7.61. The molecular weight excluding hydrogens is 492 g/mol. The number of carbonyl (C=O) groups excluding carboxylic acids is 1. The molecule has 2 aliphatic heterocycles. The van der Waals surface area contributed by atoms with Crippen molar-refractivity contribution in [3.05, 3.63) is 78.7 Å². The summed E-state index contributed by atoms with van der Waals surface area (Å²) >= 11 is 1.27. The van der Waals surface area contributed by atoms with Crippen molar-refractivity contribution >= 4 is 29.3 Å². The zero-order chi connectivity index (χ0) is 26.1. The van der Waals surface area contributed by atoms with Crippen molar-refractivity contribution in [3.8, 4) is 5.75 Å². The second-order valence-electron chi connectivity index (χ2n) is 9.05. The minimum atomic E-state index is -0.690. The van der Waals surface area contributed by atoms with Gasteiger partial charge in [-0.2, -0.15) is 0 Å². The summed E-state index contributed by atoms with van der Waals surface area (Å²) in [5, 5.41) is 0. The molecule has 2 aromatic heterocycles. The Hall–Kier alpha value is -3.63. The van der Waals surface area contributed by atoms with Crippen LogP contribution < -0.4 is 24.5 Å². The molecule has 1 aromatic carbocycles. The van der Waals surface area contributed by atoms with Crippen LogP contribution in [0.2, 0.25) is 0 Å². The standard InChI is InChI=1S/C27H30N4O5S/c1-5-35-26(33)23-17(2)28-27-31(24(23)18-7-6-8-19(15-18)34-4)25(32)21(37-27)16-20-9-10-22(36-20)30-13-11-29(3)12-14-30/h6-10,15-16,24H,5,11-14H2,1-4H3/b21-16+/t24-/m1/s1. The van der Waals surface area contributed by atoms with Crippen molar-refractivity contribution in [2.75, 3.05) is 51.8 Å². The summed E-state index contributed by atoms with van der Waals surface area (Å²) in [6.07, 6.45) is 1.75. The number of furan rings is 1. The first-order valence-corrected chi connectivity index (χ1v) is 13.1. The molecule has 0 amide bonds. The van der Waals surface area contributed by atoms with Crippen molar-refractivity contribution in [2.45, 2.75) is 19.9 Å². The first-order valence-electron chi connectivity index (χ1n) is 12.3. The number of rotatable bonds is 6. The van der Waals surface area contributed by atoms with Gasteiger partial charge >= 0.3 is 5.97 Å². The molecule has 1 saturated heterocycles. The van der Waals surface area contributed by atoms with Crippen LogP contribution >= 0.6 is 11.3 Å². The van der Waals surface area contributed by atoms with Crippen LogP contribution in [0.1, 0.15) is 31.2 Å². The number of thiazole rings is 1. The first kappa shape index (κ1) is 25.0. The lowest BCUT2D eigenvalue weighted by atomic mass is 9.95. The maximum absolute atomic E-state index is 13.8. The molecule has 0 aliphatic carbocycles. The normalized spacial score (nSPS) is 18.5. The van der Waals surface area contributed by atoms with Gasteiger partial charge in [0.1, 0.15) is 11.5 Å². The molecule has 9 nitrogen and oxygen atoms in total. The number of carbonyl (C=O) groups is 1. The van der Waals surface area contributed by atoms with Gasteiger partial charge < -0.3 is 23.7 Å². The van der Waals surface area contributed by atoms with Gasteiger partial charge in [-0.05, 0) is 44.7 Å². The fourth-order valence-electron chi connectivity index (χ4n) is 4.66. The number of esters is 1. The summed E-state index contributed by atoms with van der Waals surface area (Å²) in [5.74, 6) is 1.53. The van der Waals surface area contributed by atoms with E-state index in [9.17, 15) is 9.59 Å². The van der Waals surface area contributed by atoms with Crippen molar-refractivity contribution in [1.82, 2.24) is 9.47 Å². The number of fused-ring (bicyclic) bond motifs is 1. The van der Waals surface area contributed by atoms with E-state index in [1.54, 1.807) is 31.6 Å². The lowest BCUT2D eigenvalue weighted by Gasteiger charge is -2.32. The molecule has 2 aliphatic rings. The zero-order valence-electron chi connectivity index (χ0n) is 21.4. The highest BCUT2D eigenvalue weighted by Gasteiger charge is 2.33. The third-order valence-electron chi connectivity index (χ3n) is 6.63. The first-order chi connectivity index (χ1) is 17.9. The maximum Gasteiger partial charge on any atom is 0.338 e. The van der Waals surface area contributed by atoms with Crippen molar-refractivity contribution in [2.24, 2.45) is 4.99 Å². The monoisotopic (exact) mass is 522 g/mol. The van der Waals surface area contributed by atoms with E-state index < -0.39 is 12.0 Å². The summed E-state index contributed by atoms with van der Waals surface area (Å²) in [6, 6.07) is 10.5. The Bertz CT molecular complexity index is 1520. The summed E-state index contributed by atoms with van der Waals surface area (Å²) < 4.78 is 18.9. The molecule has 37 heavy (non-hydrogen) atoms. The zero-order valence-corrected chi connectivity index (χ0v) is 22.2. The van der Waals surface area contributed by atoms with Gasteiger partial charge in [-0.1, -0.05) is 23.5 Å². The van der Waals surface area contributed by atoms with Crippen LogP contribution in [0.15, 0.2) is 61.9 Å². The second-order valence-corrected chi connectivity index (χ2v) is 10.1. The Morgan fingerprint density at radius 2 is 2.00 bits per heavy atom. The molecule has 0 unspecified atom stereocenters. The van der Waals surface area contributed by atoms with E-state index in [-0.39, 0.29) is 12.2 Å². The Balaban J connectivity index is 1.59. The minimum absolute atomic E-state index is 0.221.